The summed E-state index contributed by atoms with van der Waals surface area (Å²) in [6, 6.07) is -0.825. The van der Waals surface area contributed by atoms with Crippen molar-refractivity contribution in [2.45, 2.75) is 51.1 Å². The van der Waals surface area contributed by atoms with Gasteiger partial charge in [-0.1, -0.05) is 13.0 Å². The van der Waals surface area contributed by atoms with E-state index in [9.17, 15) is 24.3 Å². The number of aromatic nitrogens is 1. The Morgan fingerprint density at radius 3 is 2.72 bits per heavy atom. The van der Waals surface area contributed by atoms with Gasteiger partial charge in [0.25, 0.3) is 11.8 Å². The first-order valence-corrected chi connectivity index (χ1v) is 11.8. The third-order valence-corrected chi connectivity index (χ3v) is 6.33. The first-order chi connectivity index (χ1) is 15.0. The average molecular weight is 481 g/mol. The number of rotatable bonds is 6. The van der Waals surface area contributed by atoms with Crippen molar-refractivity contribution in [1.29, 1.82) is 0 Å². The summed E-state index contributed by atoms with van der Waals surface area (Å²) < 4.78 is 5.20. The number of nitrogens with one attached hydrogen (secondary N) is 2. The highest BCUT2D eigenvalue weighted by atomic mass is 32.2. The van der Waals surface area contributed by atoms with Gasteiger partial charge in [0.15, 0.2) is 5.13 Å². The van der Waals surface area contributed by atoms with Gasteiger partial charge in [-0.25, -0.2) is 14.6 Å². The van der Waals surface area contributed by atoms with E-state index in [2.05, 4.69) is 15.6 Å². The standard InChI is InChI=1S/C20H24N4O6S2/c1-5-6-10(11-9-32-18(21-11)23-19(29)30-20(2,3)4)14(25)22-13-15(26)24-12(17(27)28)7-8-31-16(13)24/h6-7,9,13,16H,5,8H2,1-4H3,(H,22,25)(H,27,28)(H,21,23,29)/b10-6-. The van der Waals surface area contributed by atoms with E-state index in [0.717, 1.165) is 11.3 Å². The zero-order chi connectivity index (χ0) is 23.6. The number of anilines is 1. The van der Waals surface area contributed by atoms with E-state index in [1.807, 2.05) is 6.92 Å². The van der Waals surface area contributed by atoms with Crippen molar-refractivity contribution in [1.82, 2.24) is 15.2 Å². The van der Waals surface area contributed by atoms with E-state index in [4.69, 9.17) is 4.74 Å². The monoisotopic (exact) mass is 480 g/mol. The van der Waals surface area contributed by atoms with Crippen LogP contribution in [0.5, 0.6) is 0 Å². The second kappa shape index (κ2) is 9.33. The zero-order valence-electron chi connectivity index (χ0n) is 18.0. The maximum absolute atomic E-state index is 13.0. The summed E-state index contributed by atoms with van der Waals surface area (Å²) in [6.07, 6.45) is 3.06. The number of fused-ring (bicyclic) bond motifs is 1. The molecule has 0 spiro atoms. The van der Waals surface area contributed by atoms with Crippen LogP contribution >= 0.6 is 23.1 Å². The molecule has 1 aromatic heterocycles. The summed E-state index contributed by atoms with van der Waals surface area (Å²) >= 11 is 2.52. The van der Waals surface area contributed by atoms with Crippen LogP contribution in [0.3, 0.4) is 0 Å². The molecule has 172 valence electrons. The molecule has 1 aromatic rings. The number of hydrogen-bond donors (Lipinski definition) is 3. The lowest BCUT2D eigenvalue weighted by Gasteiger charge is -2.48. The highest BCUT2D eigenvalue weighted by molar-refractivity contribution is 8.00. The highest BCUT2D eigenvalue weighted by Crippen LogP contribution is 2.37. The minimum Gasteiger partial charge on any atom is -0.477 e. The van der Waals surface area contributed by atoms with Crippen LogP contribution in [0.2, 0.25) is 0 Å². The van der Waals surface area contributed by atoms with Crippen molar-refractivity contribution in [2.24, 2.45) is 0 Å². The van der Waals surface area contributed by atoms with E-state index in [1.54, 1.807) is 32.2 Å². The van der Waals surface area contributed by atoms with Crippen LogP contribution in [-0.2, 0) is 19.1 Å². The maximum Gasteiger partial charge on any atom is 0.413 e. The molecule has 10 nitrogen and oxygen atoms in total. The quantitative estimate of drug-likeness (QED) is 0.417. The Balaban J connectivity index is 1.69. The molecule has 2 unspecified atom stereocenters. The van der Waals surface area contributed by atoms with Crippen LogP contribution in [0.15, 0.2) is 23.2 Å². The molecule has 0 aliphatic carbocycles. The fraction of sp³-hybridized carbons (Fsp3) is 0.450. The lowest BCUT2D eigenvalue weighted by Crippen LogP contribution is -2.70. The third-order valence-electron chi connectivity index (χ3n) is 4.39. The Labute approximate surface area is 193 Å². The lowest BCUT2D eigenvalue weighted by atomic mass is 10.0. The highest BCUT2D eigenvalue weighted by Gasteiger charge is 2.52. The van der Waals surface area contributed by atoms with E-state index in [0.29, 0.717) is 17.9 Å². The first-order valence-electron chi connectivity index (χ1n) is 9.87. The summed E-state index contributed by atoms with van der Waals surface area (Å²) in [5, 5.41) is 15.9. The summed E-state index contributed by atoms with van der Waals surface area (Å²) in [4.78, 5) is 54.2. The van der Waals surface area contributed by atoms with Crippen LogP contribution in [0.4, 0.5) is 9.93 Å². The molecule has 32 heavy (non-hydrogen) atoms. The molecule has 3 rings (SSSR count). The van der Waals surface area contributed by atoms with Crippen LogP contribution in [-0.4, -0.2) is 61.6 Å². The third kappa shape index (κ3) is 5.13. The Bertz CT molecular complexity index is 1010. The minimum atomic E-state index is -1.17. The fourth-order valence-electron chi connectivity index (χ4n) is 3.12. The molecule has 0 aromatic carbocycles. The number of hydrogen-bond acceptors (Lipinski definition) is 8. The number of carboxylic acid groups (broad SMARTS) is 1. The number of carbonyl (C=O) groups is 4. The van der Waals surface area contributed by atoms with Gasteiger partial charge in [-0.05, 0) is 33.3 Å². The van der Waals surface area contributed by atoms with Gasteiger partial charge in [-0.2, -0.15) is 0 Å². The second-order valence-corrected chi connectivity index (χ2v) is 9.98. The number of amides is 3. The van der Waals surface area contributed by atoms with Crippen molar-refractivity contribution in [3.8, 4) is 0 Å². The number of carbonyl (C=O) groups excluding carboxylic acids is 3. The number of carboxylic acids is 1. The predicted octanol–water partition coefficient (Wildman–Crippen LogP) is 2.65. The Morgan fingerprint density at radius 1 is 1.38 bits per heavy atom. The van der Waals surface area contributed by atoms with Gasteiger partial charge in [0.2, 0.25) is 0 Å². The molecular formula is C20H24N4O6S2. The normalized spacial score (nSPS) is 20.6. The molecule has 2 aliphatic rings. The molecule has 12 heteroatoms. The van der Waals surface area contributed by atoms with E-state index in [-0.39, 0.29) is 16.4 Å². The topological polar surface area (TPSA) is 138 Å². The summed E-state index contributed by atoms with van der Waals surface area (Å²) in [7, 11) is 0. The largest absolute Gasteiger partial charge is 0.477 e. The SMILES string of the molecule is CC/C=C(\C(=O)NC1C(=O)N2C(C(=O)O)=CCSC12)c1csc(NC(=O)OC(C)(C)C)n1. The smallest absolute Gasteiger partial charge is 0.413 e. The van der Waals surface area contributed by atoms with Crippen LogP contribution in [0, 0.1) is 0 Å². The average Bonchev–Trinajstić information content (AvgIpc) is 3.15. The fourth-order valence-corrected chi connectivity index (χ4v) is 5.01. The van der Waals surface area contributed by atoms with E-state index < -0.39 is 40.9 Å². The molecule has 3 heterocycles. The number of allylic oxidation sites excluding steroid dienone is 1. The molecule has 1 saturated heterocycles. The summed E-state index contributed by atoms with van der Waals surface area (Å²) in [5.74, 6) is -1.70. The van der Waals surface area contributed by atoms with Gasteiger partial charge in [-0.15, -0.1) is 23.1 Å². The summed E-state index contributed by atoms with van der Waals surface area (Å²) in [5.41, 5.74) is -0.104. The maximum atomic E-state index is 13.0. The number of ether oxygens (including phenoxy) is 1. The van der Waals surface area contributed by atoms with Crippen molar-refractivity contribution in [3.63, 3.8) is 0 Å². The first kappa shape index (κ1) is 23.8. The second-order valence-electron chi connectivity index (χ2n) is 7.97. The number of aliphatic carboxylic acids is 1. The van der Waals surface area contributed by atoms with Gasteiger partial charge in [0, 0.05) is 11.1 Å². The van der Waals surface area contributed by atoms with Crippen LogP contribution in [0.25, 0.3) is 5.57 Å². The number of β-lactam (4-membered cyclic amide) rings is 1. The van der Waals surface area contributed by atoms with Crippen LogP contribution < -0.4 is 10.6 Å². The Morgan fingerprint density at radius 2 is 2.09 bits per heavy atom. The van der Waals surface area contributed by atoms with Gasteiger partial charge < -0.3 is 15.2 Å². The predicted molar refractivity (Wildman–Crippen MR) is 121 cm³/mol. The van der Waals surface area contributed by atoms with Crippen molar-refractivity contribution in [3.05, 3.63) is 28.9 Å². The molecule has 2 aliphatic heterocycles. The van der Waals surface area contributed by atoms with Gasteiger partial charge >= 0.3 is 12.1 Å². The molecule has 1 fully saturated rings. The van der Waals surface area contributed by atoms with E-state index in [1.165, 1.54) is 22.7 Å². The molecular weight excluding hydrogens is 456 g/mol. The summed E-state index contributed by atoms with van der Waals surface area (Å²) in [6.45, 7) is 7.09. The molecule has 0 saturated carbocycles. The van der Waals surface area contributed by atoms with Gasteiger partial charge in [0.1, 0.15) is 22.7 Å². The lowest BCUT2D eigenvalue weighted by molar-refractivity contribution is -0.150. The van der Waals surface area contributed by atoms with Crippen molar-refractivity contribution < 1.29 is 29.0 Å². The zero-order valence-corrected chi connectivity index (χ0v) is 19.6. The minimum absolute atomic E-state index is 0.0640. The Kier molecular flexibility index (Phi) is 6.94. The number of nitrogens with zero attached hydrogens (tertiary/aromatic N) is 2. The number of thioether (sulfide) groups is 1. The van der Waals surface area contributed by atoms with E-state index >= 15 is 0 Å². The molecule has 0 radical (unpaired) electrons. The number of thiazole rings is 1. The van der Waals surface area contributed by atoms with Crippen molar-refractivity contribution >= 4 is 57.7 Å². The molecule has 2 atom stereocenters. The Hall–Kier alpha value is -2.86. The molecule has 3 N–H and O–H groups in total. The van der Waals surface area contributed by atoms with Gasteiger partial charge in [0.05, 0.1) is 11.3 Å². The molecule has 0 bridgehead atoms. The molecule has 3 amide bonds. The van der Waals surface area contributed by atoms with Crippen molar-refractivity contribution in [2.75, 3.05) is 11.1 Å². The van der Waals surface area contributed by atoms with Gasteiger partial charge in [-0.3, -0.25) is 19.8 Å². The van der Waals surface area contributed by atoms with Crippen LogP contribution in [0.1, 0.15) is 39.8 Å².